The lowest BCUT2D eigenvalue weighted by Gasteiger charge is -2.28. The van der Waals surface area contributed by atoms with Crippen LogP contribution in [0.25, 0.3) is 5.76 Å². The van der Waals surface area contributed by atoms with Crippen molar-refractivity contribution in [2.24, 2.45) is 0 Å². The molecule has 35 heavy (non-hydrogen) atoms. The van der Waals surface area contributed by atoms with Crippen LogP contribution in [0.5, 0.6) is 5.75 Å². The van der Waals surface area contributed by atoms with E-state index in [1.165, 1.54) is 5.56 Å². The summed E-state index contributed by atoms with van der Waals surface area (Å²) in [5.74, 6) is -0.344. The van der Waals surface area contributed by atoms with Crippen molar-refractivity contribution in [2.75, 3.05) is 26.2 Å². The van der Waals surface area contributed by atoms with Crippen LogP contribution in [0.1, 0.15) is 70.2 Å². The molecule has 0 bridgehead atoms. The molecule has 1 fully saturated rings. The predicted molar refractivity (Wildman–Crippen MR) is 140 cm³/mol. The van der Waals surface area contributed by atoms with E-state index in [1.807, 2.05) is 38.1 Å². The zero-order valence-corrected chi connectivity index (χ0v) is 21.7. The Labute approximate surface area is 209 Å². The fourth-order valence-corrected chi connectivity index (χ4v) is 4.43. The third-order valence-electron chi connectivity index (χ3n) is 6.51. The van der Waals surface area contributed by atoms with Gasteiger partial charge in [-0.3, -0.25) is 9.59 Å². The smallest absolute Gasteiger partial charge is 0.295 e. The summed E-state index contributed by atoms with van der Waals surface area (Å²) >= 11 is 0. The number of hydrogen-bond donors (Lipinski definition) is 1. The van der Waals surface area contributed by atoms with Gasteiger partial charge in [-0.1, -0.05) is 52.0 Å². The minimum absolute atomic E-state index is 0.0272. The van der Waals surface area contributed by atoms with Gasteiger partial charge in [-0.05, 0) is 68.2 Å². The van der Waals surface area contributed by atoms with Gasteiger partial charge in [-0.15, -0.1) is 0 Å². The van der Waals surface area contributed by atoms with Crippen LogP contribution in [-0.4, -0.2) is 58.9 Å². The van der Waals surface area contributed by atoms with E-state index in [0.29, 0.717) is 30.3 Å². The molecule has 1 aliphatic heterocycles. The molecule has 188 valence electrons. The van der Waals surface area contributed by atoms with Crippen molar-refractivity contribution in [1.29, 1.82) is 0 Å². The first-order valence-corrected chi connectivity index (χ1v) is 12.6. The second-order valence-corrected chi connectivity index (χ2v) is 9.53. The van der Waals surface area contributed by atoms with Crippen LogP contribution in [0.15, 0.2) is 54.1 Å². The number of Topliss-reactive ketones (excluding diaryl/α,β-unsaturated/α-hetero) is 1. The number of likely N-dealkylation sites (N-methyl/N-ethyl adjacent to an activating group) is 1. The van der Waals surface area contributed by atoms with Gasteiger partial charge in [0, 0.05) is 18.7 Å². The van der Waals surface area contributed by atoms with E-state index in [2.05, 4.69) is 32.6 Å². The summed E-state index contributed by atoms with van der Waals surface area (Å²) in [6.07, 6.45) is 0.0272. The van der Waals surface area contributed by atoms with Crippen molar-refractivity contribution < 1.29 is 19.4 Å². The molecule has 3 rings (SSSR count). The number of likely N-dealkylation sites (tertiary alicyclic amines) is 1. The highest BCUT2D eigenvalue weighted by molar-refractivity contribution is 6.46. The van der Waals surface area contributed by atoms with Gasteiger partial charge in [0.2, 0.25) is 0 Å². The van der Waals surface area contributed by atoms with Crippen LogP contribution in [0, 0.1) is 0 Å². The third-order valence-corrected chi connectivity index (χ3v) is 6.51. The maximum atomic E-state index is 13.2. The lowest BCUT2D eigenvalue weighted by molar-refractivity contribution is -0.140. The molecule has 2 aromatic rings. The van der Waals surface area contributed by atoms with Gasteiger partial charge in [0.05, 0.1) is 17.7 Å². The summed E-state index contributed by atoms with van der Waals surface area (Å²) in [6.45, 7) is 15.1. The van der Waals surface area contributed by atoms with Crippen LogP contribution >= 0.6 is 0 Å². The van der Waals surface area contributed by atoms with Crippen molar-refractivity contribution in [2.45, 2.75) is 59.6 Å². The van der Waals surface area contributed by atoms with Crippen LogP contribution < -0.4 is 4.74 Å². The average molecular weight is 479 g/mol. The highest BCUT2D eigenvalue weighted by Gasteiger charge is 2.45. The standard InChI is InChI=1S/C29H38N2O4/c1-7-30(8-2)17-18-31-26(22-11-9-21(10-12-22)19(3)4)25(28(33)29(31)34)27(32)23-13-15-24(16-14-23)35-20(5)6/h9-16,19-20,26,32H,7-8,17-18H2,1-6H3. The number of ketones is 1. The molecule has 0 spiro atoms. The number of benzene rings is 2. The van der Waals surface area contributed by atoms with Crippen molar-refractivity contribution >= 4 is 17.4 Å². The fraction of sp³-hybridized carbons (Fsp3) is 0.448. The second-order valence-electron chi connectivity index (χ2n) is 9.53. The minimum atomic E-state index is -0.650. The Morgan fingerprint density at radius 2 is 1.57 bits per heavy atom. The van der Waals surface area contributed by atoms with E-state index in [-0.39, 0.29) is 17.4 Å². The molecule has 1 unspecified atom stereocenters. The van der Waals surface area contributed by atoms with Gasteiger partial charge < -0.3 is 19.6 Å². The van der Waals surface area contributed by atoms with E-state index >= 15 is 0 Å². The highest BCUT2D eigenvalue weighted by Crippen LogP contribution is 2.39. The molecule has 0 radical (unpaired) electrons. The molecule has 1 aliphatic rings. The summed E-state index contributed by atoms with van der Waals surface area (Å²) in [4.78, 5) is 30.2. The maximum absolute atomic E-state index is 13.2. The molecule has 0 aliphatic carbocycles. The fourth-order valence-electron chi connectivity index (χ4n) is 4.43. The van der Waals surface area contributed by atoms with Crippen molar-refractivity contribution in [3.8, 4) is 5.75 Å². The molecule has 0 saturated carbocycles. The molecule has 1 saturated heterocycles. The second kappa shape index (κ2) is 11.5. The number of aliphatic hydroxyl groups excluding tert-OH is 1. The number of carbonyl (C=O) groups is 2. The monoisotopic (exact) mass is 478 g/mol. The predicted octanol–water partition coefficient (Wildman–Crippen LogP) is 5.36. The molecular formula is C29H38N2O4. The Morgan fingerprint density at radius 3 is 2.09 bits per heavy atom. The Kier molecular flexibility index (Phi) is 8.73. The first kappa shape index (κ1) is 26.5. The Hall–Kier alpha value is -3.12. The maximum Gasteiger partial charge on any atom is 0.295 e. The van der Waals surface area contributed by atoms with Gasteiger partial charge in [-0.2, -0.15) is 0 Å². The molecule has 1 N–H and O–H groups in total. The van der Waals surface area contributed by atoms with E-state index < -0.39 is 17.7 Å². The molecule has 0 aromatic heterocycles. The largest absolute Gasteiger partial charge is 0.507 e. The Morgan fingerprint density at radius 1 is 0.971 bits per heavy atom. The number of carbonyl (C=O) groups excluding carboxylic acids is 2. The quantitative estimate of drug-likeness (QED) is 0.283. The van der Waals surface area contributed by atoms with Gasteiger partial charge in [0.1, 0.15) is 11.5 Å². The van der Waals surface area contributed by atoms with Crippen LogP contribution in [0.3, 0.4) is 0 Å². The Balaban J connectivity index is 2.05. The van der Waals surface area contributed by atoms with Crippen molar-refractivity contribution in [3.05, 3.63) is 70.8 Å². The van der Waals surface area contributed by atoms with Gasteiger partial charge >= 0.3 is 0 Å². The van der Waals surface area contributed by atoms with Crippen LogP contribution in [-0.2, 0) is 9.59 Å². The zero-order chi connectivity index (χ0) is 25.7. The van der Waals surface area contributed by atoms with Crippen molar-refractivity contribution in [1.82, 2.24) is 9.80 Å². The van der Waals surface area contributed by atoms with Gasteiger partial charge in [0.25, 0.3) is 11.7 Å². The first-order chi connectivity index (χ1) is 16.7. The van der Waals surface area contributed by atoms with E-state index in [9.17, 15) is 14.7 Å². The highest BCUT2D eigenvalue weighted by atomic mass is 16.5. The first-order valence-electron chi connectivity index (χ1n) is 12.6. The lowest BCUT2D eigenvalue weighted by Crippen LogP contribution is -2.38. The van der Waals surface area contributed by atoms with Gasteiger partial charge in [-0.25, -0.2) is 0 Å². The molecule has 6 nitrogen and oxygen atoms in total. The zero-order valence-electron chi connectivity index (χ0n) is 21.7. The molecule has 1 heterocycles. The third kappa shape index (κ3) is 5.93. The Bertz CT molecular complexity index is 1050. The molecular weight excluding hydrogens is 440 g/mol. The number of nitrogens with zero attached hydrogens (tertiary/aromatic N) is 2. The topological polar surface area (TPSA) is 70.1 Å². The van der Waals surface area contributed by atoms with Gasteiger partial charge in [0.15, 0.2) is 0 Å². The number of ether oxygens (including phenoxy) is 1. The summed E-state index contributed by atoms with van der Waals surface area (Å²) < 4.78 is 5.69. The summed E-state index contributed by atoms with van der Waals surface area (Å²) in [7, 11) is 0. The molecule has 6 heteroatoms. The number of rotatable bonds is 10. The number of hydrogen-bond acceptors (Lipinski definition) is 5. The lowest BCUT2D eigenvalue weighted by atomic mass is 9.93. The van der Waals surface area contributed by atoms with E-state index in [1.54, 1.807) is 29.2 Å². The minimum Gasteiger partial charge on any atom is -0.507 e. The van der Waals surface area contributed by atoms with Crippen molar-refractivity contribution in [3.63, 3.8) is 0 Å². The summed E-state index contributed by atoms with van der Waals surface area (Å²) in [6, 6.07) is 14.3. The normalized spacial score (nSPS) is 17.7. The molecule has 1 atom stereocenters. The molecule has 1 amide bonds. The number of amides is 1. The summed E-state index contributed by atoms with van der Waals surface area (Å²) in [5.41, 5.74) is 2.60. The van der Waals surface area contributed by atoms with E-state index in [0.717, 1.165) is 18.7 Å². The van der Waals surface area contributed by atoms with E-state index in [4.69, 9.17) is 4.74 Å². The summed E-state index contributed by atoms with van der Waals surface area (Å²) in [5, 5.41) is 11.3. The average Bonchev–Trinajstić information content (AvgIpc) is 3.09. The molecule has 2 aromatic carbocycles. The van der Waals surface area contributed by atoms with Crippen LogP contribution in [0.2, 0.25) is 0 Å². The SMILES string of the molecule is CCN(CC)CCN1C(=O)C(=O)C(=C(O)c2ccc(OC(C)C)cc2)C1c1ccc(C(C)C)cc1. The number of aliphatic hydroxyl groups is 1. The van der Waals surface area contributed by atoms with Crippen LogP contribution in [0.4, 0.5) is 0 Å².